The molecule has 4 aromatic rings. The van der Waals surface area contributed by atoms with Crippen LogP contribution in [-0.2, 0) is 4.74 Å². The normalized spacial score (nSPS) is 10.7. The Bertz CT molecular complexity index is 1360. The van der Waals surface area contributed by atoms with Crippen LogP contribution in [-0.4, -0.2) is 49.1 Å². The van der Waals surface area contributed by atoms with Gasteiger partial charge in [-0.2, -0.15) is 0 Å². The number of methoxy groups -OCH3 is 3. The van der Waals surface area contributed by atoms with Crippen molar-refractivity contribution >= 4 is 17.3 Å². The molecule has 8 nitrogen and oxygen atoms in total. The monoisotopic (exact) mass is 460 g/mol. The van der Waals surface area contributed by atoms with Gasteiger partial charge in [-0.05, 0) is 61.5 Å². The lowest BCUT2D eigenvalue weighted by molar-refractivity contribution is 0.0529. The first kappa shape index (κ1) is 22.8. The van der Waals surface area contributed by atoms with Gasteiger partial charge < -0.3 is 18.9 Å². The van der Waals surface area contributed by atoms with Crippen molar-refractivity contribution in [2.24, 2.45) is 0 Å². The number of fused-ring (bicyclic) bond motifs is 1. The molecule has 2 aromatic carbocycles. The lowest BCUT2D eigenvalue weighted by atomic mass is 10.1. The van der Waals surface area contributed by atoms with Crippen molar-refractivity contribution in [3.05, 3.63) is 77.7 Å². The smallest absolute Gasteiger partial charge is 0.340 e. The summed E-state index contributed by atoms with van der Waals surface area (Å²) in [5.41, 5.74) is 2.91. The highest BCUT2D eigenvalue weighted by Crippen LogP contribution is 2.32. The average Bonchev–Trinajstić information content (AvgIpc) is 3.27. The van der Waals surface area contributed by atoms with Crippen LogP contribution in [0.5, 0.6) is 17.2 Å². The Labute approximate surface area is 196 Å². The first-order chi connectivity index (χ1) is 16.5. The van der Waals surface area contributed by atoms with Crippen LogP contribution < -0.4 is 14.2 Å². The summed E-state index contributed by atoms with van der Waals surface area (Å²) >= 11 is 0. The molecular weight excluding hydrogens is 436 g/mol. The van der Waals surface area contributed by atoms with E-state index in [1.54, 1.807) is 81.2 Å². The second-order valence-corrected chi connectivity index (χ2v) is 7.32. The van der Waals surface area contributed by atoms with E-state index in [1.165, 1.54) is 6.33 Å². The lowest BCUT2D eigenvalue weighted by Gasteiger charge is -2.10. The zero-order valence-electron chi connectivity index (χ0n) is 19.3. The summed E-state index contributed by atoms with van der Waals surface area (Å²) in [5.74, 6) is 1.02. The summed E-state index contributed by atoms with van der Waals surface area (Å²) in [4.78, 5) is 30.5. The molecule has 0 fully saturated rings. The highest BCUT2D eigenvalue weighted by molar-refractivity contribution is 6.11. The summed E-state index contributed by atoms with van der Waals surface area (Å²) in [6.45, 7) is 1.95. The van der Waals surface area contributed by atoms with E-state index >= 15 is 0 Å². The Morgan fingerprint density at radius 1 is 0.882 bits per heavy atom. The summed E-state index contributed by atoms with van der Waals surface area (Å²) in [6, 6.07) is 15.5. The molecule has 174 valence electrons. The van der Waals surface area contributed by atoms with Crippen LogP contribution in [0.15, 0.2) is 60.9 Å². The van der Waals surface area contributed by atoms with Gasteiger partial charge in [0, 0.05) is 11.1 Å². The predicted molar refractivity (Wildman–Crippen MR) is 126 cm³/mol. The third-order valence-corrected chi connectivity index (χ3v) is 5.42. The van der Waals surface area contributed by atoms with Crippen molar-refractivity contribution in [2.75, 3.05) is 27.9 Å². The quantitative estimate of drug-likeness (QED) is 0.284. The zero-order chi connectivity index (χ0) is 24.2. The van der Waals surface area contributed by atoms with Crippen LogP contribution >= 0.6 is 0 Å². The second kappa shape index (κ2) is 9.66. The van der Waals surface area contributed by atoms with Gasteiger partial charge in [0.25, 0.3) is 0 Å². The third kappa shape index (κ3) is 4.17. The Morgan fingerprint density at radius 2 is 1.62 bits per heavy atom. The molecule has 0 unspecified atom stereocenters. The number of ether oxygens (including phenoxy) is 4. The molecule has 4 rings (SSSR count). The molecule has 2 aromatic heterocycles. The SMILES string of the molecule is CCOC(=O)c1cc(C(=O)c2ccc(OC)cc2)n2cnc(-c3ccc(OC)c(OC)c3)cc12. The van der Waals surface area contributed by atoms with E-state index in [2.05, 4.69) is 4.98 Å². The number of rotatable bonds is 8. The Morgan fingerprint density at radius 3 is 2.26 bits per heavy atom. The van der Waals surface area contributed by atoms with Crippen molar-refractivity contribution < 1.29 is 28.5 Å². The van der Waals surface area contributed by atoms with Crippen LogP contribution in [0.3, 0.4) is 0 Å². The lowest BCUT2D eigenvalue weighted by Crippen LogP contribution is -2.05. The maximum Gasteiger partial charge on any atom is 0.340 e. The molecule has 8 heteroatoms. The van der Waals surface area contributed by atoms with Crippen LogP contribution in [0.1, 0.15) is 33.3 Å². The topological polar surface area (TPSA) is 88.4 Å². The number of nitrogens with zero attached hydrogens (tertiary/aromatic N) is 2. The predicted octanol–water partition coefficient (Wildman–Crippen LogP) is 4.43. The molecule has 0 bridgehead atoms. The maximum atomic E-state index is 13.3. The van der Waals surface area contributed by atoms with Crippen molar-refractivity contribution in [3.63, 3.8) is 0 Å². The van der Waals surface area contributed by atoms with E-state index in [-0.39, 0.29) is 18.0 Å². The summed E-state index contributed by atoms with van der Waals surface area (Å²) in [6.07, 6.45) is 1.53. The zero-order valence-corrected chi connectivity index (χ0v) is 19.3. The minimum absolute atomic E-state index is 0.214. The largest absolute Gasteiger partial charge is 0.497 e. The molecule has 0 amide bonds. The molecule has 2 heterocycles. The van der Waals surface area contributed by atoms with Crippen LogP contribution in [0.2, 0.25) is 0 Å². The van der Waals surface area contributed by atoms with E-state index in [4.69, 9.17) is 18.9 Å². The van der Waals surface area contributed by atoms with E-state index in [1.807, 2.05) is 6.07 Å². The number of carbonyl (C=O) groups is 2. The summed E-state index contributed by atoms with van der Waals surface area (Å²) in [7, 11) is 4.68. The fourth-order valence-corrected chi connectivity index (χ4v) is 3.69. The molecule has 0 aliphatic heterocycles. The fourth-order valence-electron chi connectivity index (χ4n) is 3.69. The number of hydrogen-bond acceptors (Lipinski definition) is 7. The Kier molecular flexibility index (Phi) is 6.49. The number of hydrogen-bond donors (Lipinski definition) is 0. The molecule has 0 saturated carbocycles. The molecule has 0 saturated heterocycles. The molecule has 0 aliphatic carbocycles. The van der Waals surface area contributed by atoms with Gasteiger partial charge in [-0.25, -0.2) is 9.78 Å². The minimum atomic E-state index is -0.516. The fraction of sp³-hybridized carbons (Fsp3) is 0.192. The molecule has 0 spiro atoms. The molecule has 34 heavy (non-hydrogen) atoms. The van der Waals surface area contributed by atoms with Gasteiger partial charge in [0.1, 0.15) is 12.1 Å². The second-order valence-electron chi connectivity index (χ2n) is 7.32. The molecule has 0 atom stereocenters. The standard InChI is InChI=1S/C26H24N2O6/c1-5-34-26(30)19-13-22(25(29)16-6-9-18(31-2)10-7-16)28-15-27-20(14-21(19)28)17-8-11-23(32-3)24(12-17)33-4/h6-15H,5H2,1-4H3. The number of esters is 1. The van der Waals surface area contributed by atoms with E-state index in [0.29, 0.717) is 39.7 Å². The van der Waals surface area contributed by atoms with Crippen molar-refractivity contribution in [1.29, 1.82) is 0 Å². The molecule has 0 radical (unpaired) electrons. The molecular formula is C26H24N2O6. The first-order valence-electron chi connectivity index (χ1n) is 10.6. The number of aromatic nitrogens is 2. The number of benzene rings is 2. The van der Waals surface area contributed by atoms with Crippen molar-refractivity contribution in [2.45, 2.75) is 6.92 Å². The van der Waals surface area contributed by atoms with Gasteiger partial charge in [-0.15, -0.1) is 0 Å². The van der Waals surface area contributed by atoms with Gasteiger partial charge in [-0.1, -0.05) is 0 Å². The first-order valence-corrected chi connectivity index (χ1v) is 10.6. The maximum absolute atomic E-state index is 13.3. The minimum Gasteiger partial charge on any atom is -0.497 e. The van der Waals surface area contributed by atoms with Crippen molar-refractivity contribution in [1.82, 2.24) is 9.38 Å². The van der Waals surface area contributed by atoms with Gasteiger partial charge in [0.15, 0.2) is 11.5 Å². The van der Waals surface area contributed by atoms with E-state index < -0.39 is 5.97 Å². The number of carbonyl (C=O) groups excluding carboxylic acids is 2. The third-order valence-electron chi connectivity index (χ3n) is 5.42. The van der Waals surface area contributed by atoms with Crippen LogP contribution in [0.4, 0.5) is 0 Å². The Hall–Kier alpha value is -4.33. The highest BCUT2D eigenvalue weighted by atomic mass is 16.5. The van der Waals surface area contributed by atoms with Gasteiger partial charge >= 0.3 is 5.97 Å². The molecule has 0 N–H and O–H groups in total. The van der Waals surface area contributed by atoms with Gasteiger partial charge in [-0.3, -0.25) is 9.20 Å². The van der Waals surface area contributed by atoms with E-state index in [9.17, 15) is 9.59 Å². The Balaban J connectivity index is 1.84. The van der Waals surface area contributed by atoms with E-state index in [0.717, 1.165) is 5.56 Å². The summed E-state index contributed by atoms with van der Waals surface area (Å²) < 4.78 is 22.7. The van der Waals surface area contributed by atoms with Crippen LogP contribution in [0.25, 0.3) is 16.8 Å². The van der Waals surface area contributed by atoms with Gasteiger partial charge in [0.05, 0.1) is 50.4 Å². The molecule has 0 aliphatic rings. The average molecular weight is 460 g/mol. The van der Waals surface area contributed by atoms with Crippen molar-refractivity contribution in [3.8, 4) is 28.5 Å². The summed E-state index contributed by atoms with van der Waals surface area (Å²) in [5, 5.41) is 0. The number of ketones is 1. The van der Waals surface area contributed by atoms with Gasteiger partial charge in [0.2, 0.25) is 5.78 Å². The van der Waals surface area contributed by atoms with Crippen LogP contribution in [0, 0.1) is 0 Å². The highest BCUT2D eigenvalue weighted by Gasteiger charge is 2.22.